The van der Waals surface area contributed by atoms with Gasteiger partial charge in [0.15, 0.2) is 5.17 Å². The second-order valence-electron chi connectivity index (χ2n) is 7.31. The van der Waals surface area contributed by atoms with E-state index >= 15 is 0 Å². The molecule has 2 aliphatic carbocycles. The van der Waals surface area contributed by atoms with Crippen LogP contribution in [-0.2, 0) is 9.53 Å². The number of amides is 1. The first kappa shape index (κ1) is 15.3. The van der Waals surface area contributed by atoms with E-state index in [0.717, 1.165) is 36.5 Å². The lowest BCUT2D eigenvalue weighted by Crippen LogP contribution is -2.40. The minimum atomic E-state index is -0.0609. The van der Waals surface area contributed by atoms with E-state index < -0.39 is 0 Å². The smallest absolute Gasteiger partial charge is 0.235 e. The largest absolute Gasteiger partial charge is 0.375 e. The van der Waals surface area contributed by atoms with Crippen LogP contribution in [0, 0.1) is 11.8 Å². The van der Waals surface area contributed by atoms with Gasteiger partial charge in [-0.1, -0.05) is 18.2 Å². The normalized spacial score (nSPS) is 38.5. The third-order valence-electron chi connectivity index (χ3n) is 5.15. The minimum absolute atomic E-state index is 0.0609. The van der Waals surface area contributed by atoms with Gasteiger partial charge in [-0.25, -0.2) is 0 Å². The number of fused-ring (bicyclic) bond motifs is 2. The molecular formula is C16H26N2O2S. The van der Waals surface area contributed by atoms with Crippen LogP contribution in [0.5, 0.6) is 0 Å². The Morgan fingerprint density at radius 1 is 1.33 bits per heavy atom. The van der Waals surface area contributed by atoms with E-state index in [4.69, 9.17) is 4.74 Å². The molecule has 0 spiro atoms. The summed E-state index contributed by atoms with van der Waals surface area (Å²) in [6, 6.07) is 0.530. The number of hydrogen-bond acceptors (Lipinski definition) is 3. The fourth-order valence-corrected chi connectivity index (χ4v) is 5.50. The summed E-state index contributed by atoms with van der Waals surface area (Å²) < 4.78 is 5.77. The highest BCUT2D eigenvalue weighted by Crippen LogP contribution is 2.44. The van der Waals surface area contributed by atoms with E-state index in [2.05, 4.69) is 24.2 Å². The highest BCUT2D eigenvalue weighted by atomic mass is 32.2. The lowest BCUT2D eigenvalue weighted by Gasteiger charge is -2.35. The molecule has 1 aliphatic heterocycles. The molecule has 2 saturated carbocycles. The lowest BCUT2D eigenvalue weighted by atomic mass is 9.96. The SMILES string of the molecule is CC1(C)CC(S/C(=N\C=O)N[C@H]2C[C@@H]3CC[C@H]2C3)CCO1. The van der Waals surface area contributed by atoms with Crippen molar-refractivity contribution in [3.8, 4) is 0 Å². The molecule has 4 atom stereocenters. The summed E-state index contributed by atoms with van der Waals surface area (Å²) in [5.41, 5.74) is -0.0609. The zero-order valence-electron chi connectivity index (χ0n) is 13.0. The van der Waals surface area contributed by atoms with Crippen molar-refractivity contribution in [2.24, 2.45) is 16.8 Å². The molecule has 0 radical (unpaired) electrons. The van der Waals surface area contributed by atoms with Gasteiger partial charge in [-0.05, 0) is 57.8 Å². The van der Waals surface area contributed by atoms with E-state index in [1.165, 1.54) is 25.7 Å². The van der Waals surface area contributed by atoms with Crippen LogP contribution in [0.1, 0.15) is 52.4 Å². The van der Waals surface area contributed by atoms with Gasteiger partial charge in [0.25, 0.3) is 0 Å². The summed E-state index contributed by atoms with van der Waals surface area (Å²) in [6.45, 7) is 5.08. The summed E-state index contributed by atoms with van der Waals surface area (Å²) >= 11 is 1.73. The molecule has 21 heavy (non-hydrogen) atoms. The third kappa shape index (κ3) is 3.81. The maximum Gasteiger partial charge on any atom is 0.235 e. The van der Waals surface area contributed by atoms with Crippen LogP contribution in [-0.4, -0.2) is 35.1 Å². The maximum atomic E-state index is 10.9. The average Bonchev–Trinajstić information content (AvgIpc) is 3.00. The number of thioether (sulfide) groups is 1. The number of aliphatic imine (C=N–C) groups is 1. The van der Waals surface area contributed by atoms with Crippen molar-refractivity contribution >= 4 is 23.3 Å². The zero-order chi connectivity index (χ0) is 14.9. The molecule has 4 nitrogen and oxygen atoms in total. The molecule has 0 aromatic heterocycles. The number of carbonyl (C=O) groups is 1. The molecule has 2 bridgehead atoms. The van der Waals surface area contributed by atoms with Gasteiger partial charge in [-0.2, -0.15) is 4.99 Å². The van der Waals surface area contributed by atoms with Crippen LogP contribution >= 0.6 is 11.8 Å². The summed E-state index contributed by atoms with van der Waals surface area (Å²) in [5, 5.41) is 4.87. The highest BCUT2D eigenvalue weighted by molar-refractivity contribution is 8.14. The molecule has 3 fully saturated rings. The van der Waals surface area contributed by atoms with Crippen LogP contribution in [0.4, 0.5) is 0 Å². The number of nitrogens with one attached hydrogen (secondary N) is 1. The van der Waals surface area contributed by atoms with Gasteiger partial charge in [0.1, 0.15) is 0 Å². The topological polar surface area (TPSA) is 50.7 Å². The Morgan fingerprint density at radius 2 is 2.19 bits per heavy atom. The van der Waals surface area contributed by atoms with Gasteiger partial charge in [0.05, 0.1) is 5.60 Å². The second-order valence-corrected chi connectivity index (χ2v) is 8.60. The fraction of sp³-hybridized carbons (Fsp3) is 0.875. The van der Waals surface area contributed by atoms with E-state index in [1.54, 1.807) is 11.8 Å². The number of ether oxygens (including phenoxy) is 1. The molecule has 0 aromatic rings. The van der Waals surface area contributed by atoms with Gasteiger partial charge < -0.3 is 10.1 Å². The first-order valence-corrected chi connectivity index (χ1v) is 9.02. The second kappa shape index (κ2) is 6.29. The van der Waals surface area contributed by atoms with Gasteiger partial charge in [-0.3, -0.25) is 4.79 Å². The first-order valence-electron chi connectivity index (χ1n) is 8.14. The van der Waals surface area contributed by atoms with Gasteiger partial charge in [-0.15, -0.1) is 0 Å². The third-order valence-corrected chi connectivity index (χ3v) is 6.33. The minimum Gasteiger partial charge on any atom is -0.375 e. The zero-order valence-corrected chi connectivity index (χ0v) is 13.8. The number of nitrogens with zero attached hydrogens (tertiary/aromatic N) is 1. The molecule has 3 rings (SSSR count). The van der Waals surface area contributed by atoms with Crippen molar-refractivity contribution in [1.29, 1.82) is 0 Å². The van der Waals surface area contributed by atoms with E-state index in [9.17, 15) is 4.79 Å². The molecule has 1 N–H and O–H groups in total. The van der Waals surface area contributed by atoms with Gasteiger partial charge in [0, 0.05) is 17.9 Å². The number of carbonyl (C=O) groups excluding carboxylic acids is 1. The van der Waals surface area contributed by atoms with Crippen molar-refractivity contribution in [1.82, 2.24) is 5.32 Å². The molecule has 1 saturated heterocycles. The predicted molar refractivity (Wildman–Crippen MR) is 86.5 cm³/mol. The lowest BCUT2D eigenvalue weighted by molar-refractivity contribution is -0.106. The molecule has 3 aliphatic rings. The monoisotopic (exact) mass is 310 g/mol. The maximum absolute atomic E-state index is 10.9. The summed E-state index contributed by atoms with van der Waals surface area (Å²) in [7, 11) is 0. The number of amidine groups is 1. The Labute approximate surface area is 131 Å². The number of hydrogen-bond donors (Lipinski definition) is 1. The van der Waals surface area contributed by atoms with Crippen LogP contribution in [0.25, 0.3) is 0 Å². The molecule has 0 aromatic carbocycles. The van der Waals surface area contributed by atoms with Crippen molar-refractivity contribution in [2.45, 2.75) is 69.3 Å². The summed E-state index contributed by atoms with van der Waals surface area (Å²) in [4.78, 5) is 14.9. The molecule has 5 heteroatoms. The van der Waals surface area contributed by atoms with Crippen LogP contribution in [0.3, 0.4) is 0 Å². The summed E-state index contributed by atoms with van der Waals surface area (Å²) in [5.74, 6) is 1.69. The van der Waals surface area contributed by atoms with Crippen molar-refractivity contribution in [3.63, 3.8) is 0 Å². The first-order chi connectivity index (χ1) is 10.1. The van der Waals surface area contributed by atoms with E-state index in [-0.39, 0.29) is 5.60 Å². The quantitative estimate of drug-likeness (QED) is 0.495. The van der Waals surface area contributed by atoms with Gasteiger partial charge in [0.2, 0.25) is 6.41 Å². The molecule has 1 heterocycles. The molecule has 1 amide bonds. The standard InChI is InChI=1S/C16H26N2O2S/c1-16(2)9-13(5-6-20-16)21-15(17-10-19)18-14-8-11-3-4-12(14)7-11/h10-14H,3-9H2,1-2H3,(H,17,18,19)/t11-,12+,13?,14+/m1/s1. The average molecular weight is 310 g/mol. The van der Waals surface area contributed by atoms with Gasteiger partial charge >= 0.3 is 0 Å². The highest BCUT2D eigenvalue weighted by Gasteiger charge is 2.40. The molecular weight excluding hydrogens is 284 g/mol. The van der Waals surface area contributed by atoms with Crippen molar-refractivity contribution < 1.29 is 9.53 Å². The van der Waals surface area contributed by atoms with Crippen LogP contribution < -0.4 is 5.32 Å². The number of rotatable bonds is 3. The van der Waals surface area contributed by atoms with Crippen LogP contribution in [0.2, 0.25) is 0 Å². The molecule has 118 valence electrons. The molecule has 1 unspecified atom stereocenters. The van der Waals surface area contributed by atoms with E-state index in [0.29, 0.717) is 17.7 Å². The Bertz CT molecular complexity index is 425. The van der Waals surface area contributed by atoms with Crippen molar-refractivity contribution in [2.75, 3.05) is 6.61 Å². The Balaban J connectivity index is 1.57. The van der Waals surface area contributed by atoms with E-state index in [1.807, 2.05) is 0 Å². The Hall–Kier alpha value is -0.550. The Kier molecular flexibility index (Phi) is 4.60. The predicted octanol–water partition coefficient (Wildman–Crippen LogP) is 2.97. The summed E-state index contributed by atoms with van der Waals surface area (Å²) in [6.07, 6.45) is 8.06. The van der Waals surface area contributed by atoms with Crippen LogP contribution in [0.15, 0.2) is 4.99 Å². The fourth-order valence-electron chi connectivity index (χ4n) is 4.16. The Morgan fingerprint density at radius 3 is 2.81 bits per heavy atom. The van der Waals surface area contributed by atoms with Crippen molar-refractivity contribution in [3.05, 3.63) is 0 Å².